The Bertz CT molecular complexity index is 538. The molecule has 0 heterocycles. The number of nitrogens with zero attached hydrogens (tertiary/aromatic N) is 1. The zero-order chi connectivity index (χ0) is 12.3. The summed E-state index contributed by atoms with van der Waals surface area (Å²) in [5.41, 5.74) is 3.79. The van der Waals surface area contributed by atoms with Gasteiger partial charge < -0.3 is 5.11 Å². The van der Waals surface area contributed by atoms with Crippen molar-refractivity contribution in [3.8, 4) is 5.75 Å². The Morgan fingerprint density at radius 3 is 2.24 bits per heavy atom. The summed E-state index contributed by atoms with van der Waals surface area (Å²) >= 11 is 0. The molecule has 2 nitrogen and oxygen atoms in total. The maximum Gasteiger partial charge on any atom is 0.0688 e. The fourth-order valence-electron chi connectivity index (χ4n) is 1.73. The van der Waals surface area contributed by atoms with E-state index in [1.165, 1.54) is 0 Å². The molecule has 0 aliphatic rings. The highest BCUT2D eigenvalue weighted by molar-refractivity contribution is 5.85. The number of para-hydroxylation sites is 2. The molecule has 2 aromatic rings. The van der Waals surface area contributed by atoms with Crippen LogP contribution in [0.25, 0.3) is 0 Å². The summed E-state index contributed by atoms with van der Waals surface area (Å²) in [6, 6.07) is 12.9. The lowest BCUT2D eigenvalue weighted by molar-refractivity contribution is -0.268. The molecule has 0 aliphatic carbocycles. The van der Waals surface area contributed by atoms with Gasteiger partial charge in [0.05, 0.1) is 5.69 Å². The zero-order valence-electron chi connectivity index (χ0n) is 9.97. The third-order valence-corrected chi connectivity index (χ3v) is 2.69. The number of rotatable bonds is 2. The molecule has 0 N–H and O–H groups in total. The molecule has 0 saturated carbocycles. The van der Waals surface area contributed by atoms with Crippen molar-refractivity contribution in [2.45, 2.75) is 13.8 Å². The highest BCUT2D eigenvalue weighted by atomic mass is 16.3. The van der Waals surface area contributed by atoms with Crippen LogP contribution >= 0.6 is 0 Å². The van der Waals surface area contributed by atoms with Crippen molar-refractivity contribution < 1.29 is 5.11 Å². The van der Waals surface area contributed by atoms with E-state index in [4.69, 9.17) is 0 Å². The summed E-state index contributed by atoms with van der Waals surface area (Å²) < 4.78 is 0. The third-order valence-electron chi connectivity index (χ3n) is 2.69. The Hall–Kier alpha value is -2.09. The van der Waals surface area contributed by atoms with Crippen molar-refractivity contribution in [3.63, 3.8) is 0 Å². The summed E-state index contributed by atoms with van der Waals surface area (Å²) in [6.07, 6.45) is 1.64. The summed E-state index contributed by atoms with van der Waals surface area (Å²) in [6.45, 7) is 4.03. The van der Waals surface area contributed by atoms with Gasteiger partial charge in [-0.2, -0.15) is 0 Å². The summed E-state index contributed by atoms with van der Waals surface area (Å²) in [4.78, 5) is 4.41. The van der Waals surface area contributed by atoms with Crippen LogP contribution in [0.3, 0.4) is 0 Å². The lowest BCUT2D eigenvalue weighted by atomic mass is 10.1. The van der Waals surface area contributed by atoms with Gasteiger partial charge in [-0.3, -0.25) is 4.99 Å². The second-order valence-corrected chi connectivity index (χ2v) is 4.04. The molecule has 0 amide bonds. The maximum absolute atomic E-state index is 11.5. The maximum atomic E-state index is 11.5. The van der Waals surface area contributed by atoms with E-state index in [1.54, 1.807) is 24.4 Å². The molecule has 0 spiro atoms. The van der Waals surface area contributed by atoms with Crippen molar-refractivity contribution in [1.82, 2.24) is 0 Å². The van der Waals surface area contributed by atoms with Gasteiger partial charge in [0.15, 0.2) is 0 Å². The Morgan fingerprint density at radius 2 is 1.59 bits per heavy atom. The van der Waals surface area contributed by atoms with Gasteiger partial charge in [-0.05, 0) is 30.5 Å². The van der Waals surface area contributed by atoms with E-state index in [-0.39, 0.29) is 5.75 Å². The van der Waals surface area contributed by atoms with Crippen molar-refractivity contribution >= 4 is 11.9 Å². The highest BCUT2D eigenvalue weighted by Gasteiger charge is 1.98. The van der Waals surface area contributed by atoms with Crippen LogP contribution in [0, 0.1) is 13.8 Å². The third kappa shape index (κ3) is 2.53. The van der Waals surface area contributed by atoms with Crippen LogP contribution in [0.4, 0.5) is 5.69 Å². The first-order chi connectivity index (χ1) is 8.18. The van der Waals surface area contributed by atoms with Crippen molar-refractivity contribution in [3.05, 3.63) is 59.2 Å². The van der Waals surface area contributed by atoms with Crippen LogP contribution in [0.1, 0.15) is 16.7 Å². The molecule has 0 atom stereocenters. The normalized spacial score (nSPS) is 10.9. The average molecular weight is 224 g/mol. The van der Waals surface area contributed by atoms with Gasteiger partial charge in [0, 0.05) is 6.21 Å². The van der Waals surface area contributed by atoms with Crippen LogP contribution in [-0.2, 0) is 0 Å². The second kappa shape index (κ2) is 4.83. The number of hydrogen-bond donors (Lipinski definition) is 0. The number of aliphatic imine (C=N–C) groups is 1. The van der Waals surface area contributed by atoms with Crippen LogP contribution in [0.5, 0.6) is 5.75 Å². The Kier molecular flexibility index (Phi) is 3.24. The monoisotopic (exact) mass is 224 g/mol. The van der Waals surface area contributed by atoms with E-state index in [2.05, 4.69) is 4.99 Å². The number of benzene rings is 2. The molecule has 0 aromatic heterocycles. The number of hydrogen-bond acceptors (Lipinski definition) is 2. The fourth-order valence-corrected chi connectivity index (χ4v) is 1.73. The molecule has 0 fully saturated rings. The first-order valence-corrected chi connectivity index (χ1v) is 5.55. The predicted octanol–water partition coefficient (Wildman–Crippen LogP) is 3.13. The van der Waals surface area contributed by atoms with Crippen LogP contribution in [0.2, 0.25) is 0 Å². The van der Waals surface area contributed by atoms with Crippen LogP contribution in [-0.4, -0.2) is 6.21 Å². The SMILES string of the molecule is Cc1cccc(C)c1N=Cc1ccccc1[O-]. The first-order valence-electron chi connectivity index (χ1n) is 5.55. The predicted molar refractivity (Wildman–Crippen MR) is 69.1 cm³/mol. The molecule has 0 radical (unpaired) electrons. The van der Waals surface area contributed by atoms with Crippen molar-refractivity contribution in [1.29, 1.82) is 0 Å². The minimum absolute atomic E-state index is 0.00230. The lowest BCUT2D eigenvalue weighted by Gasteiger charge is -2.09. The molecule has 0 bridgehead atoms. The molecule has 0 aliphatic heterocycles. The topological polar surface area (TPSA) is 35.4 Å². The largest absolute Gasteiger partial charge is 0.872 e. The summed E-state index contributed by atoms with van der Waals surface area (Å²) in [7, 11) is 0. The quantitative estimate of drug-likeness (QED) is 0.722. The highest BCUT2D eigenvalue weighted by Crippen LogP contribution is 2.23. The van der Waals surface area contributed by atoms with Gasteiger partial charge in [-0.1, -0.05) is 42.5 Å². The van der Waals surface area contributed by atoms with Gasteiger partial charge in [-0.25, -0.2) is 0 Å². The molecular formula is C15H14NO-. The summed E-state index contributed by atoms with van der Waals surface area (Å²) in [5, 5.41) is 11.5. The molecule has 17 heavy (non-hydrogen) atoms. The molecule has 2 rings (SSSR count). The Labute approximate surface area is 101 Å². The first kappa shape index (κ1) is 11.4. The van der Waals surface area contributed by atoms with Crippen molar-refractivity contribution in [2.75, 3.05) is 0 Å². The van der Waals surface area contributed by atoms with Crippen LogP contribution in [0.15, 0.2) is 47.5 Å². The molecule has 2 aromatic carbocycles. The number of aryl methyl sites for hydroxylation is 2. The van der Waals surface area contributed by atoms with E-state index >= 15 is 0 Å². The van der Waals surface area contributed by atoms with Gasteiger partial charge in [0.25, 0.3) is 0 Å². The minimum Gasteiger partial charge on any atom is -0.872 e. The smallest absolute Gasteiger partial charge is 0.0688 e. The molecular weight excluding hydrogens is 210 g/mol. The van der Waals surface area contributed by atoms with E-state index in [0.717, 1.165) is 16.8 Å². The van der Waals surface area contributed by atoms with Gasteiger partial charge >= 0.3 is 0 Å². The molecule has 0 saturated heterocycles. The minimum atomic E-state index is 0.00230. The van der Waals surface area contributed by atoms with E-state index < -0.39 is 0 Å². The van der Waals surface area contributed by atoms with Crippen molar-refractivity contribution in [2.24, 2.45) is 4.99 Å². The fraction of sp³-hybridized carbons (Fsp3) is 0.133. The second-order valence-electron chi connectivity index (χ2n) is 4.04. The van der Waals surface area contributed by atoms with E-state index in [0.29, 0.717) is 5.56 Å². The molecule has 86 valence electrons. The van der Waals surface area contributed by atoms with Crippen LogP contribution < -0.4 is 5.11 Å². The van der Waals surface area contributed by atoms with Gasteiger partial charge in [-0.15, -0.1) is 5.75 Å². The standard InChI is InChI=1S/C15H15NO/c1-11-6-5-7-12(2)15(11)16-10-13-8-3-4-9-14(13)17/h3-10,17H,1-2H3/p-1. The zero-order valence-corrected chi connectivity index (χ0v) is 9.97. The van der Waals surface area contributed by atoms with Gasteiger partial charge in [0.2, 0.25) is 0 Å². The van der Waals surface area contributed by atoms with E-state index in [1.807, 2.05) is 38.1 Å². The van der Waals surface area contributed by atoms with E-state index in [9.17, 15) is 5.11 Å². The Morgan fingerprint density at radius 1 is 0.941 bits per heavy atom. The average Bonchev–Trinajstić information content (AvgIpc) is 2.30. The Balaban J connectivity index is 2.36. The summed E-state index contributed by atoms with van der Waals surface area (Å²) in [5.74, 6) is 0.00230. The lowest BCUT2D eigenvalue weighted by Crippen LogP contribution is -1.95. The molecule has 0 unspecified atom stereocenters. The molecule has 2 heteroatoms. The van der Waals surface area contributed by atoms with Gasteiger partial charge in [0.1, 0.15) is 0 Å².